The van der Waals surface area contributed by atoms with Crippen LogP contribution >= 0.6 is 0 Å². The van der Waals surface area contributed by atoms with E-state index in [9.17, 15) is 4.79 Å². The molecule has 0 radical (unpaired) electrons. The molecule has 0 spiro atoms. The van der Waals surface area contributed by atoms with Crippen LogP contribution in [0.25, 0.3) is 0 Å². The summed E-state index contributed by atoms with van der Waals surface area (Å²) in [5, 5.41) is 8.46. The first-order valence-electron chi connectivity index (χ1n) is 4.40. The molecular weight excluding hydrogens is 176 g/mol. The SMILES string of the molecule is CC(C(N)=O)c1ccc(CC#N)cc1. The number of rotatable bonds is 3. The van der Waals surface area contributed by atoms with Crippen molar-refractivity contribution in [2.75, 3.05) is 0 Å². The van der Waals surface area contributed by atoms with E-state index < -0.39 is 0 Å². The van der Waals surface area contributed by atoms with Crippen LogP contribution in [0.3, 0.4) is 0 Å². The second-order valence-electron chi connectivity index (χ2n) is 3.20. The van der Waals surface area contributed by atoms with Crippen LogP contribution in [0, 0.1) is 11.3 Å². The Morgan fingerprint density at radius 3 is 2.50 bits per heavy atom. The molecule has 0 aliphatic carbocycles. The molecule has 2 N–H and O–H groups in total. The Hall–Kier alpha value is -1.82. The molecule has 0 saturated carbocycles. The Morgan fingerprint density at radius 1 is 1.50 bits per heavy atom. The van der Waals surface area contributed by atoms with Gasteiger partial charge in [0.2, 0.25) is 5.91 Å². The molecule has 0 heterocycles. The van der Waals surface area contributed by atoms with Gasteiger partial charge in [0.25, 0.3) is 0 Å². The Kier molecular flexibility index (Phi) is 3.24. The summed E-state index contributed by atoms with van der Waals surface area (Å²) >= 11 is 0. The third-order valence-corrected chi connectivity index (χ3v) is 2.19. The lowest BCUT2D eigenvalue weighted by atomic mass is 9.99. The molecule has 1 aromatic rings. The van der Waals surface area contributed by atoms with E-state index in [1.54, 1.807) is 6.92 Å². The summed E-state index contributed by atoms with van der Waals surface area (Å²) in [5.74, 6) is -0.607. The van der Waals surface area contributed by atoms with Gasteiger partial charge >= 0.3 is 0 Å². The van der Waals surface area contributed by atoms with Crippen molar-refractivity contribution in [3.8, 4) is 6.07 Å². The summed E-state index contributed by atoms with van der Waals surface area (Å²) in [5.41, 5.74) is 7.01. The van der Waals surface area contributed by atoms with Crippen molar-refractivity contribution in [1.29, 1.82) is 5.26 Å². The van der Waals surface area contributed by atoms with E-state index >= 15 is 0 Å². The van der Waals surface area contributed by atoms with Crippen molar-refractivity contribution in [3.05, 3.63) is 35.4 Å². The topological polar surface area (TPSA) is 66.9 Å². The minimum atomic E-state index is -0.335. The van der Waals surface area contributed by atoms with Crippen LogP contribution in [0.1, 0.15) is 24.0 Å². The van der Waals surface area contributed by atoms with Crippen molar-refractivity contribution in [2.24, 2.45) is 5.73 Å². The van der Waals surface area contributed by atoms with Crippen molar-refractivity contribution in [3.63, 3.8) is 0 Å². The zero-order valence-electron chi connectivity index (χ0n) is 8.03. The van der Waals surface area contributed by atoms with Gasteiger partial charge in [-0.15, -0.1) is 0 Å². The number of hydrogen-bond donors (Lipinski definition) is 1. The number of amides is 1. The first-order valence-corrected chi connectivity index (χ1v) is 4.40. The van der Waals surface area contributed by atoms with Crippen molar-refractivity contribution in [2.45, 2.75) is 19.3 Å². The molecule has 1 unspecified atom stereocenters. The maximum atomic E-state index is 10.9. The van der Waals surface area contributed by atoms with Crippen LogP contribution in [0.5, 0.6) is 0 Å². The van der Waals surface area contributed by atoms with Gasteiger partial charge in [0.15, 0.2) is 0 Å². The fourth-order valence-corrected chi connectivity index (χ4v) is 1.18. The summed E-state index contributed by atoms with van der Waals surface area (Å²) in [6.45, 7) is 1.77. The number of carbonyl (C=O) groups is 1. The van der Waals surface area contributed by atoms with Gasteiger partial charge in [-0.2, -0.15) is 5.26 Å². The number of benzene rings is 1. The quantitative estimate of drug-likeness (QED) is 0.777. The monoisotopic (exact) mass is 188 g/mol. The van der Waals surface area contributed by atoms with Gasteiger partial charge in [-0.25, -0.2) is 0 Å². The molecule has 0 bridgehead atoms. The molecule has 0 saturated heterocycles. The van der Waals surface area contributed by atoms with Crippen molar-refractivity contribution < 1.29 is 4.79 Å². The average molecular weight is 188 g/mol. The predicted molar refractivity (Wildman–Crippen MR) is 53.4 cm³/mol. The van der Waals surface area contributed by atoms with Gasteiger partial charge in [0.1, 0.15) is 0 Å². The van der Waals surface area contributed by atoms with Crippen LogP contribution < -0.4 is 5.73 Å². The smallest absolute Gasteiger partial charge is 0.224 e. The summed E-state index contributed by atoms with van der Waals surface area (Å²) in [6.07, 6.45) is 0.394. The van der Waals surface area contributed by atoms with Crippen LogP contribution in [-0.2, 0) is 11.2 Å². The van der Waals surface area contributed by atoms with Crippen LogP contribution in [0.4, 0.5) is 0 Å². The largest absolute Gasteiger partial charge is 0.369 e. The first kappa shape index (κ1) is 10.3. The highest BCUT2D eigenvalue weighted by Crippen LogP contribution is 2.15. The van der Waals surface area contributed by atoms with Crippen molar-refractivity contribution in [1.82, 2.24) is 0 Å². The number of nitriles is 1. The van der Waals surface area contributed by atoms with Gasteiger partial charge in [-0.3, -0.25) is 4.79 Å². The van der Waals surface area contributed by atoms with Gasteiger partial charge in [-0.05, 0) is 18.1 Å². The molecule has 0 aromatic heterocycles. The van der Waals surface area contributed by atoms with Crippen LogP contribution in [-0.4, -0.2) is 5.91 Å². The molecule has 1 rings (SSSR count). The van der Waals surface area contributed by atoms with Crippen LogP contribution in [0.15, 0.2) is 24.3 Å². The number of hydrogen-bond acceptors (Lipinski definition) is 2. The van der Waals surface area contributed by atoms with E-state index in [1.807, 2.05) is 24.3 Å². The average Bonchev–Trinajstić information content (AvgIpc) is 2.18. The highest BCUT2D eigenvalue weighted by atomic mass is 16.1. The predicted octanol–water partition coefficient (Wildman–Crippen LogP) is 1.34. The summed E-state index contributed by atoms with van der Waals surface area (Å²) < 4.78 is 0. The maximum Gasteiger partial charge on any atom is 0.224 e. The van der Waals surface area contributed by atoms with Gasteiger partial charge < -0.3 is 5.73 Å². The minimum absolute atomic E-state index is 0.272. The zero-order chi connectivity index (χ0) is 10.6. The van der Waals surface area contributed by atoms with Gasteiger partial charge in [0, 0.05) is 0 Å². The zero-order valence-corrected chi connectivity index (χ0v) is 8.03. The third kappa shape index (κ3) is 2.33. The Balaban J connectivity index is 2.84. The van der Waals surface area contributed by atoms with Crippen LogP contribution in [0.2, 0.25) is 0 Å². The molecule has 3 heteroatoms. The molecule has 72 valence electrons. The molecule has 0 fully saturated rings. The maximum absolute atomic E-state index is 10.9. The molecule has 3 nitrogen and oxygen atoms in total. The lowest BCUT2D eigenvalue weighted by Gasteiger charge is -2.07. The Morgan fingerprint density at radius 2 is 2.07 bits per heavy atom. The number of nitrogens with two attached hydrogens (primary N) is 1. The van der Waals surface area contributed by atoms with E-state index in [0.717, 1.165) is 11.1 Å². The molecule has 1 atom stereocenters. The minimum Gasteiger partial charge on any atom is -0.369 e. The summed E-state index contributed by atoms with van der Waals surface area (Å²) in [7, 11) is 0. The fourth-order valence-electron chi connectivity index (χ4n) is 1.18. The standard InChI is InChI=1S/C11H12N2O/c1-8(11(13)14)10-4-2-9(3-5-10)6-7-12/h2-5,8H,6H2,1H3,(H2,13,14). The third-order valence-electron chi connectivity index (χ3n) is 2.19. The molecule has 0 aliphatic heterocycles. The highest BCUT2D eigenvalue weighted by Gasteiger charge is 2.10. The summed E-state index contributed by atoms with van der Waals surface area (Å²) in [6, 6.07) is 9.43. The second-order valence-corrected chi connectivity index (χ2v) is 3.20. The normalized spacial score (nSPS) is 11.7. The molecule has 1 aromatic carbocycles. The van der Waals surface area contributed by atoms with Crippen molar-refractivity contribution >= 4 is 5.91 Å². The molecule has 14 heavy (non-hydrogen) atoms. The number of primary amides is 1. The van der Waals surface area contributed by atoms with E-state index in [0.29, 0.717) is 6.42 Å². The lowest BCUT2D eigenvalue weighted by molar-refractivity contribution is -0.119. The van der Waals surface area contributed by atoms with E-state index in [2.05, 4.69) is 6.07 Å². The molecular formula is C11H12N2O. The lowest BCUT2D eigenvalue weighted by Crippen LogP contribution is -2.18. The first-order chi connectivity index (χ1) is 6.65. The second kappa shape index (κ2) is 4.43. The molecule has 0 aliphatic rings. The van der Waals surface area contributed by atoms with Gasteiger partial charge in [0.05, 0.1) is 18.4 Å². The van der Waals surface area contributed by atoms with Gasteiger partial charge in [-0.1, -0.05) is 24.3 Å². The van der Waals surface area contributed by atoms with E-state index in [-0.39, 0.29) is 11.8 Å². The Labute approximate surface area is 83.2 Å². The fraction of sp³-hybridized carbons (Fsp3) is 0.273. The summed E-state index contributed by atoms with van der Waals surface area (Å²) in [4.78, 5) is 10.9. The number of nitrogens with zero attached hydrogens (tertiary/aromatic N) is 1. The molecule has 1 amide bonds. The highest BCUT2D eigenvalue weighted by molar-refractivity contribution is 5.81. The Bertz CT molecular complexity index is 362. The van der Waals surface area contributed by atoms with E-state index in [1.165, 1.54) is 0 Å². The number of carbonyl (C=O) groups excluding carboxylic acids is 1. The van der Waals surface area contributed by atoms with E-state index in [4.69, 9.17) is 11.0 Å².